The van der Waals surface area contributed by atoms with Crippen molar-refractivity contribution in [2.45, 2.75) is 25.7 Å². The number of rotatable bonds is 2. The van der Waals surface area contributed by atoms with E-state index in [0.717, 1.165) is 25.9 Å². The van der Waals surface area contributed by atoms with E-state index in [2.05, 4.69) is 15.4 Å². The van der Waals surface area contributed by atoms with Crippen LogP contribution in [0.2, 0.25) is 0 Å². The highest BCUT2D eigenvalue weighted by Gasteiger charge is 2.30. The molecule has 2 fully saturated rings. The Kier molecular flexibility index (Phi) is 4.25. The average molecular weight is 342 g/mol. The van der Waals surface area contributed by atoms with Crippen LogP contribution in [0.25, 0.3) is 5.65 Å². The number of carbonyl (C=O) groups excluding carboxylic acids is 2. The van der Waals surface area contributed by atoms with Crippen molar-refractivity contribution in [2.24, 2.45) is 5.92 Å². The van der Waals surface area contributed by atoms with E-state index in [1.807, 2.05) is 9.80 Å². The number of carbonyl (C=O) groups is 2. The molecule has 8 heteroatoms. The third kappa shape index (κ3) is 3.29. The number of hydrogen-bond acceptors (Lipinski definition) is 4. The molecule has 2 aliphatic heterocycles. The van der Waals surface area contributed by atoms with E-state index in [9.17, 15) is 9.59 Å². The van der Waals surface area contributed by atoms with E-state index in [4.69, 9.17) is 0 Å². The molecule has 0 atom stereocenters. The Balaban J connectivity index is 1.32. The number of urea groups is 1. The maximum atomic E-state index is 12.5. The largest absolute Gasteiger partial charge is 0.325 e. The Morgan fingerprint density at radius 3 is 2.52 bits per heavy atom. The molecule has 0 saturated carbocycles. The second-order valence-electron chi connectivity index (χ2n) is 6.67. The standard InChI is InChI=1S/C17H22N6O2/c24-16(20-14-6-12-23-15(19-14)3-7-18-23)13-4-10-22(11-5-13)17(25)21-8-1-2-9-21/h3,6-7,12-13H,1-2,4-5,8-11H2,(H,19,20,24). The molecule has 0 aromatic carbocycles. The second-order valence-corrected chi connectivity index (χ2v) is 6.67. The summed E-state index contributed by atoms with van der Waals surface area (Å²) in [4.78, 5) is 33.1. The first-order valence-electron chi connectivity index (χ1n) is 8.86. The van der Waals surface area contributed by atoms with E-state index in [1.54, 1.807) is 29.0 Å². The van der Waals surface area contributed by atoms with Crippen LogP contribution in [0.1, 0.15) is 25.7 Å². The molecule has 2 aromatic rings. The van der Waals surface area contributed by atoms with Crippen LogP contribution >= 0.6 is 0 Å². The quantitative estimate of drug-likeness (QED) is 0.898. The molecule has 4 heterocycles. The smallest absolute Gasteiger partial charge is 0.319 e. The molecule has 0 bridgehead atoms. The molecule has 2 saturated heterocycles. The summed E-state index contributed by atoms with van der Waals surface area (Å²) in [5, 5.41) is 6.97. The number of amides is 3. The van der Waals surface area contributed by atoms with Gasteiger partial charge in [0.2, 0.25) is 5.91 Å². The lowest BCUT2D eigenvalue weighted by Crippen LogP contribution is -2.47. The van der Waals surface area contributed by atoms with Crippen LogP contribution < -0.4 is 5.32 Å². The van der Waals surface area contributed by atoms with Crippen molar-refractivity contribution in [1.82, 2.24) is 24.4 Å². The minimum Gasteiger partial charge on any atom is -0.325 e. The molecular weight excluding hydrogens is 320 g/mol. The zero-order valence-electron chi connectivity index (χ0n) is 14.1. The van der Waals surface area contributed by atoms with Gasteiger partial charge in [0.1, 0.15) is 5.82 Å². The first kappa shape index (κ1) is 15.9. The Morgan fingerprint density at radius 1 is 1.04 bits per heavy atom. The Labute approximate surface area is 145 Å². The van der Waals surface area contributed by atoms with Crippen LogP contribution in [0.5, 0.6) is 0 Å². The lowest BCUT2D eigenvalue weighted by molar-refractivity contribution is -0.121. The summed E-state index contributed by atoms with van der Waals surface area (Å²) in [5.74, 6) is 0.434. The lowest BCUT2D eigenvalue weighted by atomic mass is 9.96. The van der Waals surface area contributed by atoms with Crippen LogP contribution in [-0.2, 0) is 4.79 Å². The number of aromatic nitrogens is 3. The van der Waals surface area contributed by atoms with E-state index >= 15 is 0 Å². The fourth-order valence-corrected chi connectivity index (χ4v) is 3.55. The van der Waals surface area contributed by atoms with Crippen molar-refractivity contribution in [3.05, 3.63) is 24.5 Å². The molecule has 0 aliphatic carbocycles. The first-order valence-corrected chi connectivity index (χ1v) is 8.86. The van der Waals surface area contributed by atoms with Gasteiger partial charge in [-0.3, -0.25) is 4.79 Å². The highest BCUT2D eigenvalue weighted by molar-refractivity contribution is 5.92. The number of nitrogens with zero attached hydrogens (tertiary/aromatic N) is 5. The SMILES string of the molecule is O=C(Nc1ccn2nccc2n1)C1CCN(C(=O)N2CCCC2)CC1. The minimum atomic E-state index is -0.0782. The minimum absolute atomic E-state index is 0.0235. The van der Waals surface area contributed by atoms with Gasteiger partial charge in [0.15, 0.2) is 5.65 Å². The van der Waals surface area contributed by atoms with Gasteiger partial charge in [0.05, 0.1) is 6.20 Å². The van der Waals surface area contributed by atoms with Crippen molar-refractivity contribution in [3.8, 4) is 0 Å². The molecule has 1 N–H and O–H groups in total. The predicted molar refractivity (Wildman–Crippen MR) is 92.1 cm³/mol. The van der Waals surface area contributed by atoms with Gasteiger partial charge < -0.3 is 15.1 Å². The van der Waals surface area contributed by atoms with Crippen LogP contribution in [0.4, 0.5) is 10.6 Å². The molecule has 2 aliphatic rings. The number of piperidine rings is 1. The summed E-state index contributed by atoms with van der Waals surface area (Å²) >= 11 is 0. The molecule has 0 radical (unpaired) electrons. The molecule has 0 spiro atoms. The van der Waals surface area contributed by atoms with Crippen molar-refractivity contribution >= 4 is 23.4 Å². The van der Waals surface area contributed by atoms with Gasteiger partial charge in [0, 0.05) is 44.4 Å². The molecular formula is C17H22N6O2. The Hall–Kier alpha value is -2.64. The van der Waals surface area contributed by atoms with Gasteiger partial charge in [-0.2, -0.15) is 5.10 Å². The summed E-state index contributed by atoms with van der Waals surface area (Å²) in [6.45, 7) is 3.01. The molecule has 25 heavy (non-hydrogen) atoms. The summed E-state index contributed by atoms with van der Waals surface area (Å²) < 4.78 is 1.65. The van der Waals surface area contributed by atoms with Gasteiger partial charge in [-0.25, -0.2) is 14.3 Å². The molecule has 8 nitrogen and oxygen atoms in total. The van der Waals surface area contributed by atoms with Crippen LogP contribution in [0, 0.1) is 5.92 Å². The number of likely N-dealkylation sites (tertiary alicyclic amines) is 2. The first-order chi connectivity index (χ1) is 12.2. The van der Waals surface area contributed by atoms with Gasteiger partial charge in [-0.1, -0.05) is 0 Å². The van der Waals surface area contributed by atoms with Crippen molar-refractivity contribution in [1.29, 1.82) is 0 Å². The summed E-state index contributed by atoms with van der Waals surface area (Å²) in [6.07, 6.45) is 7.02. The lowest BCUT2D eigenvalue weighted by Gasteiger charge is -2.33. The molecule has 2 aromatic heterocycles. The molecule has 0 unspecified atom stereocenters. The van der Waals surface area contributed by atoms with Crippen LogP contribution in [0.3, 0.4) is 0 Å². The number of hydrogen-bond donors (Lipinski definition) is 1. The summed E-state index contributed by atoms with van der Waals surface area (Å²) in [6, 6.07) is 3.66. The van der Waals surface area contributed by atoms with Crippen molar-refractivity contribution < 1.29 is 9.59 Å². The normalized spacial score (nSPS) is 18.7. The third-order valence-corrected chi connectivity index (χ3v) is 5.02. The summed E-state index contributed by atoms with van der Waals surface area (Å²) in [5.41, 5.74) is 0.698. The van der Waals surface area contributed by atoms with Crippen molar-refractivity contribution in [3.63, 3.8) is 0 Å². The predicted octanol–water partition coefficient (Wildman–Crippen LogP) is 1.60. The fraction of sp³-hybridized carbons (Fsp3) is 0.529. The van der Waals surface area contributed by atoms with Crippen LogP contribution in [-0.4, -0.2) is 62.5 Å². The Morgan fingerprint density at radius 2 is 1.76 bits per heavy atom. The van der Waals surface area contributed by atoms with Gasteiger partial charge in [0.25, 0.3) is 0 Å². The zero-order valence-corrected chi connectivity index (χ0v) is 14.1. The number of nitrogens with one attached hydrogen (secondary N) is 1. The van der Waals surface area contributed by atoms with Crippen LogP contribution in [0.15, 0.2) is 24.5 Å². The van der Waals surface area contributed by atoms with E-state index in [-0.39, 0.29) is 17.9 Å². The number of anilines is 1. The summed E-state index contributed by atoms with van der Waals surface area (Å²) in [7, 11) is 0. The van der Waals surface area contributed by atoms with Gasteiger partial charge in [-0.05, 0) is 31.7 Å². The Bertz CT molecular complexity index is 774. The average Bonchev–Trinajstić information content (AvgIpc) is 3.32. The number of fused-ring (bicyclic) bond motifs is 1. The maximum Gasteiger partial charge on any atom is 0.319 e. The topological polar surface area (TPSA) is 82.8 Å². The third-order valence-electron chi connectivity index (χ3n) is 5.02. The fourth-order valence-electron chi connectivity index (χ4n) is 3.55. The van der Waals surface area contributed by atoms with Crippen molar-refractivity contribution in [2.75, 3.05) is 31.5 Å². The monoisotopic (exact) mass is 342 g/mol. The highest BCUT2D eigenvalue weighted by atomic mass is 16.2. The molecule has 132 valence electrons. The molecule has 3 amide bonds. The molecule has 4 rings (SSSR count). The van der Waals surface area contributed by atoms with Gasteiger partial charge >= 0.3 is 6.03 Å². The van der Waals surface area contributed by atoms with E-state index in [0.29, 0.717) is 37.4 Å². The van der Waals surface area contributed by atoms with Gasteiger partial charge in [-0.15, -0.1) is 0 Å². The second kappa shape index (κ2) is 6.70. The van der Waals surface area contributed by atoms with E-state index in [1.165, 1.54) is 0 Å². The zero-order chi connectivity index (χ0) is 17.2. The van der Waals surface area contributed by atoms with E-state index < -0.39 is 0 Å². The highest BCUT2D eigenvalue weighted by Crippen LogP contribution is 2.21. The maximum absolute atomic E-state index is 12.5.